The van der Waals surface area contributed by atoms with E-state index in [1.165, 1.54) is 0 Å². The molecule has 0 aliphatic carbocycles. The third-order valence-electron chi connectivity index (χ3n) is 3.52. The van der Waals surface area contributed by atoms with Gasteiger partial charge in [0.05, 0.1) is 22.6 Å². The van der Waals surface area contributed by atoms with Gasteiger partial charge in [0.15, 0.2) is 0 Å². The van der Waals surface area contributed by atoms with E-state index >= 15 is 0 Å². The summed E-state index contributed by atoms with van der Waals surface area (Å²) in [7, 11) is 0. The van der Waals surface area contributed by atoms with Crippen molar-refractivity contribution < 1.29 is 4.79 Å². The maximum atomic E-state index is 12.6. The molecule has 1 aromatic heterocycles. The highest BCUT2D eigenvalue weighted by Crippen LogP contribution is 2.31. The Balaban J connectivity index is 2.83. The second kappa shape index (κ2) is 8.02. The molecule has 0 bridgehead atoms. The second-order valence-electron chi connectivity index (χ2n) is 5.22. The highest BCUT2D eigenvalue weighted by atomic mass is 32.1. The van der Waals surface area contributed by atoms with Crippen LogP contribution >= 0.6 is 12.2 Å². The minimum absolute atomic E-state index is 0.102. The third kappa shape index (κ3) is 4.46. The van der Waals surface area contributed by atoms with Crippen molar-refractivity contribution in [3.05, 3.63) is 23.8 Å². The molecule has 0 saturated heterocycles. The molecular weight excluding hydrogens is 284 g/mol. The van der Waals surface area contributed by atoms with Crippen molar-refractivity contribution in [3.63, 3.8) is 0 Å². The van der Waals surface area contributed by atoms with E-state index in [9.17, 15) is 4.79 Å². The maximum absolute atomic E-state index is 12.6. The van der Waals surface area contributed by atoms with Crippen LogP contribution in [-0.4, -0.2) is 20.9 Å². The van der Waals surface area contributed by atoms with Crippen LogP contribution in [0.5, 0.6) is 0 Å². The molecule has 1 rings (SSSR count). The van der Waals surface area contributed by atoms with Gasteiger partial charge < -0.3 is 11.1 Å². The van der Waals surface area contributed by atoms with Gasteiger partial charge in [0, 0.05) is 6.20 Å². The summed E-state index contributed by atoms with van der Waals surface area (Å²) in [5, 5.41) is 2.92. The van der Waals surface area contributed by atoms with Crippen molar-refractivity contribution in [2.75, 3.05) is 0 Å². The van der Waals surface area contributed by atoms with E-state index in [0.717, 1.165) is 18.5 Å². The average Bonchev–Trinajstić information content (AvgIpc) is 2.44. The fourth-order valence-corrected chi connectivity index (χ4v) is 2.80. The summed E-state index contributed by atoms with van der Waals surface area (Å²) in [6, 6.07) is 1.79. The van der Waals surface area contributed by atoms with Crippen molar-refractivity contribution in [2.45, 2.75) is 53.0 Å². The van der Waals surface area contributed by atoms with Crippen LogP contribution in [0.25, 0.3) is 0 Å². The topological polar surface area (TPSA) is 80.9 Å². The molecule has 5 nitrogen and oxygen atoms in total. The van der Waals surface area contributed by atoms with Crippen molar-refractivity contribution in [1.82, 2.24) is 15.3 Å². The number of amides is 1. The first-order chi connectivity index (χ1) is 9.96. The number of nitrogens with two attached hydrogens (primary N) is 1. The lowest BCUT2D eigenvalue weighted by atomic mass is 9.78. The zero-order chi connectivity index (χ0) is 15.9. The number of hydrogen-bond acceptors (Lipinski definition) is 4. The molecule has 6 heteroatoms. The summed E-state index contributed by atoms with van der Waals surface area (Å²) >= 11 is 5.18. The largest absolute Gasteiger partial charge is 0.392 e. The van der Waals surface area contributed by atoms with Crippen molar-refractivity contribution >= 4 is 23.1 Å². The predicted octanol–water partition coefficient (Wildman–Crippen LogP) is 2.27. The first-order valence-corrected chi connectivity index (χ1v) is 7.73. The highest BCUT2D eigenvalue weighted by molar-refractivity contribution is 7.80. The number of hydrogen-bond donors (Lipinski definition) is 2. The van der Waals surface area contributed by atoms with Gasteiger partial charge in [-0.1, -0.05) is 38.9 Å². The molecule has 1 aromatic rings. The van der Waals surface area contributed by atoms with Crippen LogP contribution in [0.2, 0.25) is 0 Å². The molecule has 0 atom stereocenters. The molecule has 0 unspecified atom stereocenters. The molecular formula is C15H24N4OS. The maximum Gasteiger partial charge on any atom is 0.233 e. The van der Waals surface area contributed by atoms with Gasteiger partial charge in [-0.15, -0.1) is 0 Å². The molecule has 3 N–H and O–H groups in total. The third-order valence-corrected chi connectivity index (χ3v) is 3.91. The second-order valence-corrected chi connectivity index (χ2v) is 5.66. The van der Waals surface area contributed by atoms with E-state index in [1.54, 1.807) is 12.3 Å². The number of carbonyl (C=O) groups excluding carboxylic acids is 1. The summed E-state index contributed by atoms with van der Waals surface area (Å²) in [6.07, 6.45) is 4.74. The van der Waals surface area contributed by atoms with Crippen LogP contribution < -0.4 is 11.1 Å². The van der Waals surface area contributed by atoms with E-state index in [-0.39, 0.29) is 10.9 Å². The average molecular weight is 308 g/mol. The Morgan fingerprint density at radius 2 is 2.00 bits per heavy atom. The Bertz CT molecular complexity index is 498. The van der Waals surface area contributed by atoms with E-state index in [4.69, 9.17) is 18.0 Å². The molecule has 0 aliphatic rings. The van der Waals surface area contributed by atoms with Crippen LogP contribution in [-0.2, 0) is 11.3 Å². The molecule has 0 fully saturated rings. The summed E-state index contributed by atoms with van der Waals surface area (Å²) in [5.41, 5.74) is 5.91. The van der Waals surface area contributed by atoms with Gasteiger partial charge in [-0.05, 0) is 25.8 Å². The number of nitrogens with zero attached hydrogens (tertiary/aromatic N) is 2. The van der Waals surface area contributed by atoms with Gasteiger partial charge in [-0.25, -0.2) is 9.97 Å². The van der Waals surface area contributed by atoms with Crippen molar-refractivity contribution in [2.24, 2.45) is 11.1 Å². The zero-order valence-electron chi connectivity index (χ0n) is 13.0. The minimum Gasteiger partial charge on any atom is -0.392 e. The first kappa shape index (κ1) is 17.5. The lowest BCUT2D eigenvalue weighted by Gasteiger charge is -2.31. The molecule has 1 amide bonds. The van der Waals surface area contributed by atoms with Crippen LogP contribution in [0.1, 0.15) is 51.0 Å². The number of carbonyl (C=O) groups is 1. The normalized spacial score (nSPS) is 11.2. The lowest BCUT2D eigenvalue weighted by Crippen LogP contribution is -2.48. The Kier molecular flexibility index (Phi) is 6.68. The quantitative estimate of drug-likeness (QED) is 0.720. The summed E-state index contributed by atoms with van der Waals surface area (Å²) < 4.78 is 0. The number of aryl methyl sites for hydroxylation is 1. The predicted molar refractivity (Wildman–Crippen MR) is 87.7 cm³/mol. The van der Waals surface area contributed by atoms with Crippen molar-refractivity contribution in [1.29, 1.82) is 0 Å². The SMILES string of the molecule is CCCC(CCC)(C(=O)NCc1ccnc(C)n1)C(N)=S. The molecule has 0 aliphatic heterocycles. The lowest BCUT2D eigenvalue weighted by molar-refractivity contribution is -0.128. The molecule has 21 heavy (non-hydrogen) atoms. The first-order valence-electron chi connectivity index (χ1n) is 7.33. The zero-order valence-corrected chi connectivity index (χ0v) is 13.8. The fraction of sp³-hybridized carbons (Fsp3) is 0.600. The van der Waals surface area contributed by atoms with Crippen LogP contribution in [0.4, 0.5) is 0 Å². The van der Waals surface area contributed by atoms with E-state index < -0.39 is 5.41 Å². The Labute approximate surface area is 131 Å². The monoisotopic (exact) mass is 308 g/mol. The molecule has 0 aromatic carbocycles. The molecule has 1 heterocycles. The van der Waals surface area contributed by atoms with Crippen LogP contribution in [0.3, 0.4) is 0 Å². The summed E-state index contributed by atoms with van der Waals surface area (Å²) in [5.74, 6) is 0.583. The fourth-order valence-electron chi connectivity index (χ4n) is 2.51. The van der Waals surface area contributed by atoms with Crippen LogP contribution in [0, 0.1) is 12.3 Å². The van der Waals surface area contributed by atoms with Gasteiger partial charge in [-0.3, -0.25) is 4.79 Å². The number of nitrogens with one attached hydrogen (secondary N) is 1. The Morgan fingerprint density at radius 1 is 1.38 bits per heavy atom. The Hall–Kier alpha value is -1.56. The number of aromatic nitrogens is 2. The van der Waals surface area contributed by atoms with E-state index in [0.29, 0.717) is 25.2 Å². The minimum atomic E-state index is -0.749. The van der Waals surface area contributed by atoms with Crippen LogP contribution in [0.15, 0.2) is 12.3 Å². The summed E-state index contributed by atoms with van der Waals surface area (Å²) in [4.78, 5) is 21.2. The highest BCUT2D eigenvalue weighted by Gasteiger charge is 2.39. The van der Waals surface area contributed by atoms with Crippen molar-refractivity contribution in [3.8, 4) is 0 Å². The van der Waals surface area contributed by atoms with Gasteiger partial charge in [0.1, 0.15) is 5.82 Å². The molecule has 0 radical (unpaired) electrons. The van der Waals surface area contributed by atoms with E-state index in [1.807, 2.05) is 20.8 Å². The van der Waals surface area contributed by atoms with Gasteiger partial charge >= 0.3 is 0 Å². The number of rotatable bonds is 8. The Morgan fingerprint density at radius 3 is 2.48 bits per heavy atom. The van der Waals surface area contributed by atoms with Gasteiger partial charge in [0.2, 0.25) is 5.91 Å². The van der Waals surface area contributed by atoms with E-state index in [2.05, 4.69) is 15.3 Å². The molecule has 116 valence electrons. The van der Waals surface area contributed by atoms with Gasteiger partial charge in [-0.2, -0.15) is 0 Å². The summed E-state index contributed by atoms with van der Waals surface area (Å²) in [6.45, 7) is 6.24. The standard InChI is InChI=1S/C15H24N4OS/c1-4-7-15(8-5-2,13(16)21)14(20)18-10-12-6-9-17-11(3)19-12/h6,9H,4-5,7-8,10H2,1-3H3,(H2,16,21)(H,18,20). The number of thiocarbonyl (C=S) groups is 1. The van der Waals surface area contributed by atoms with Gasteiger partial charge in [0.25, 0.3) is 0 Å². The molecule has 0 spiro atoms. The smallest absolute Gasteiger partial charge is 0.233 e. The molecule has 0 saturated carbocycles.